The summed E-state index contributed by atoms with van der Waals surface area (Å²) in [6, 6.07) is -0.429. The van der Waals surface area contributed by atoms with Crippen LogP contribution in [0, 0.1) is 0 Å². The van der Waals surface area contributed by atoms with Crippen LogP contribution in [-0.2, 0) is 4.74 Å². The zero-order valence-corrected chi connectivity index (χ0v) is 11.8. The van der Waals surface area contributed by atoms with Crippen LogP contribution >= 0.6 is 0 Å². The molecule has 8 nitrogen and oxygen atoms in total. The number of ether oxygens (including phenoxy) is 1. The van der Waals surface area contributed by atoms with Gasteiger partial charge in [-0.25, -0.2) is 20.0 Å². The summed E-state index contributed by atoms with van der Waals surface area (Å²) in [6.07, 6.45) is -1.45. The number of hydrogen-bond acceptors (Lipinski definition) is 5. The first-order valence-electron chi connectivity index (χ1n) is 5.96. The third-order valence-corrected chi connectivity index (χ3v) is 2.06. The molecule has 0 heterocycles. The zero-order valence-electron chi connectivity index (χ0n) is 11.8. The van der Waals surface area contributed by atoms with E-state index in [4.69, 9.17) is 14.9 Å². The van der Waals surface area contributed by atoms with Crippen molar-refractivity contribution in [3.63, 3.8) is 0 Å². The van der Waals surface area contributed by atoms with Crippen molar-refractivity contribution in [2.45, 2.75) is 38.8 Å². The molecule has 0 aliphatic carbocycles. The molecule has 0 aromatic rings. The Hall–Kier alpha value is -1.54. The van der Waals surface area contributed by atoms with Crippen LogP contribution in [0.25, 0.3) is 0 Å². The van der Waals surface area contributed by atoms with E-state index < -0.39 is 23.8 Å². The molecule has 0 fully saturated rings. The van der Waals surface area contributed by atoms with Crippen LogP contribution in [0.5, 0.6) is 0 Å². The maximum atomic E-state index is 11.5. The van der Waals surface area contributed by atoms with Crippen LogP contribution in [0.4, 0.5) is 9.59 Å². The molecular weight excluding hydrogens is 254 g/mol. The van der Waals surface area contributed by atoms with Crippen molar-refractivity contribution >= 4 is 12.2 Å². The molecule has 0 bridgehead atoms. The van der Waals surface area contributed by atoms with Gasteiger partial charge in [0, 0.05) is 26.2 Å². The molecule has 112 valence electrons. The summed E-state index contributed by atoms with van der Waals surface area (Å²) in [5.41, 5.74) is 1.98. The van der Waals surface area contributed by atoms with E-state index in [9.17, 15) is 9.59 Å². The summed E-state index contributed by atoms with van der Waals surface area (Å²) >= 11 is 0. The highest BCUT2D eigenvalue weighted by Crippen LogP contribution is 2.07. The minimum atomic E-state index is -1.14. The molecule has 1 atom stereocenters. The molecule has 0 rings (SSSR count). The second kappa shape index (κ2) is 7.80. The first-order valence-corrected chi connectivity index (χ1v) is 5.96. The highest BCUT2D eigenvalue weighted by atomic mass is 16.6. The lowest BCUT2D eigenvalue weighted by molar-refractivity contribution is 0.0491. The molecule has 0 aliphatic rings. The third kappa shape index (κ3) is 9.09. The number of rotatable bonds is 6. The third-order valence-electron chi connectivity index (χ3n) is 2.06. The first-order chi connectivity index (χ1) is 8.65. The van der Waals surface area contributed by atoms with Crippen LogP contribution in [0.1, 0.15) is 27.2 Å². The van der Waals surface area contributed by atoms with Crippen LogP contribution in [0.3, 0.4) is 0 Å². The molecule has 1 unspecified atom stereocenters. The number of carbonyl (C=O) groups is 2. The Balaban J connectivity index is 4.25. The number of carboxylic acid groups (broad SMARTS) is 1. The van der Waals surface area contributed by atoms with E-state index in [1.165, 1.54) is 7.05 Å². The summed E-state index contributed by atoms with van der Waals surface area (Å²) in [6.45, 7) is 5.26. The van der Waals surface area contributed by atoms with Crippen molar-refractivity contribution in [3.05, 3.63) is 0 Å². The van der Waals surface area contributed by atoms with E-state index in [2.05, 4.69) is 10.7 Å². The number of carbonyl (C=O) groups excluding carboxylic acids is 1. The fourth-order valence-corrected chi connectivity index (χ4v) is 1.17. The van der Waals surface area contributed by atoms with Gasteiger partial charge in [0.25, 0.3) is 0 Å². The molecule has 0 saturated heterocycles. The Morgan fingerprint density at radius 3 is 2.37 bits per heavy atom. The average Bonchev–Trinajstić information content (AvgIpc) is 2.22. The number of aliphatic hydroxyl groups excluding tert-OH is 1. The molecule has 2 amide bonds. The van der Waals surface area contributed by atoms with Crippen molar-refractivity contribution in [1.82, 2.24) is 15.8 Å². The molecule has 4 N–H and O–H groups in total. The van der Waals surface area contributed by atoms with Gasteiger partial charge in [0.2, 0.25) is 0 Å². The summed E-state index contributed by atoms with van der Waals surface area (Å²) in [4.78, 5) is 22.1. The Morgan fingerprint density at radius 1 is 1.37 bits per heavy atom. The quantitative estimate of drug-likeness (QED) is 0.522. The minimum absolute atomic E-state index is 0.126. The molecule has 0 radical (unpaired) electrons. The van der Waals surface area contributed by atoms with Crippen molar-refractivity contribution in [3.8, 4) is 0 Å². The van der Waals surface area contributed by atoms with E-state index in [-0.39, 0.29) is 13.2 Å². The minimum Gasteiger partial charge on any atom is -0.464 e. The molecule has 0 aromatic carbocycles. The van der Waals surface area contributed by atoms with Crippen LogP contribution in [0.2, 0.25) is 0 Å². The van der Waals surface area contributed by atoms with E-state index in [1.807, 2.05) is 0 Å². The van der Waals surface area contributed by atoms with Crippen molar-refractivity contribution < 1.29 is 24.5 Å². The highest BCUT2D eigenvalue weighted by molar-refractivity contribution is 5.68. The lowest BCUT2D eigenvalue weighted by atomic mass is 10.2. The Bertz CT molecular complexity index is 303. The predicted molar refractivity (Wildman–Crippen MR) is 68.7 cm³/mol. The van der Waals surface area contributed by atoms with Gasteiger partial charge in [-0.3, -0.25) is 0 Å². The number of hydrogen-bond donors (Lipinski definition) is 4. The van der Waals surface area contributed by atoms with Gasteiger partial charge in [-0.1, -0.05) is 0 Å². The number of hydrazine groups is 1. The normalized spacial score (nSPS) is 12.7. The van der Waals surface area contributed by atoms with Gasteiger partial charge < -0.3 is 20.3 Å². The number of alkyl carbamates (subject to hydrolysis) is 1. The van der Waals surface area contributed by atoms with Crippen molar-refractivity contribution in [2.75, 3.05) is 20.2 Å². The summed E-state index contributed by atoms with van der Waals surface area (Å²) in [5, 5.41) is 21.0. The number of nitrogens with zero attached hydrogens (tertiary/aromatic N) is 1. The topological polar surface area (TPSA) is 111 Å². The van der Waals surface area contributed by atoms with Crippen molar-refractivity contribution in [2.24, 2.45) is 0 Å². The van der Waals surface area contributed by atoms with Crippen LogP contribution in [-0.4, -0.2) is 59.3 Å². The van der Waals surface area contributed by atoms with Gasteiger partial charge in [0.05, 0.1) is 0 Å². The monoisotopic (exact) mass is 277 g/mol. The van der Waals surface area contributed by atoms with Gasteiger partial charge >= 0.3 is 12.2 Å². The summed E-state index contributed by atoms with van der Waals surface area (Å²) in [5.74, 6) is 0. The standard InChI is InChI=1S/C11H23N3O5/c1-11(2,3)19-9(16)13-8(5-6-15)7-12-14(4)10(17)18/h8,12,15H,5-7H2,1-4H3,(H,13,16)(H,17,18). The lowest BCUT2D eigenvalue weighted by Gasteiger charge is -2.24. The Kier molecular flexibility index (Phi) is 7.17. The molecule has 0 aliphatic heterocycles. The average molecular weight is 277 g/mol. The number of nitrogens with one attached hydrogen (secondary N) is 2. The summed E-state index contributed by atoms with van der Waals surface area (Å²) in [7, 11) is 1.34. The SMILES string of the molecule is CN(NCC(CCO)NC(=O)OC(C)(C)C)C(=O)O. The first kappa shape index (κ1) is 17.5. The largest absolute Gasteiger partial charge is 0.464 e. The van der Waals surface area contributed by atoms with Gasteiger partial charge in [-0.15, -0.1) is 0 Å². The Morgan fingerprint density at radius 2 is 1.95 bits per heavy atom. The molecule has 0 aromatic heterocycles. The molecular formula is C11H23N3O5. The number of aliphatic hydroxyl groups is 1. The van der Waals surface area contributed by atoms with Gasteiger partial charge in [0.15, 0.2) is 0 Å². The molecule has 19 heavy (non-hydrogen) atoms. The van der Waals surface area contributed by atoms with Crippen LogP contribution in [0.15, 0.2) is 0 Å². The van der Waals surface area contributed by atoms with E-state index in [0.717, 1.165) is 5.01 Å². The van der Waals surface area contributed by atoms with E-state index in [0.29, 0.717) is 6.42 Å². The van der Waals surface area contributed by atoms with Gasteiger partial charge in [0.1, 0.15) is 5.60 Å². The molecule has 0 spiro atoms. The van der Waals surface area contributed by atoms with E-state index in [1.54, 1.807) is 20.8 Å². The molecule has 8 heteroatoms. The summed E-state index contributed by atoms with van der Waals surface area (Å²) < 4.78 is 5.08. The Labute approximate surface area is 112 Å². The van der Waals surface area contributed by atoms with Gasteiger partial charge in [-0.2, -0.15) is 0 Å². The second-order valence-electron chi connectivity index (χ2n) is 5.06. The fraction of sp³-hybridized carbons (Fsp3) is 0.818. The maximum Gasteiger partial charge on any atom is 0.421 e. The number of amides is 2. The second-order valence-corrected chi connectivity index (χ2v) is 5.06. The lowest BCUT2D eigenvalue weighted by Crippen LogP contribution is -2.49. The van der Waals surface area contributed by atoms with Crippen molar-refractivity contribution in [1.29, 1.82) is 0 Å². The fourth-order valence-electron chi connectivity index (χ4n) is 1.17. The van der Waals surface area contributed by atoms with E-state index >= 15 is 0 Å². The van der Waals surface area contributed by atoms with Crippen LogP contribution < -0.4 is 10.7 Å². The maximum absolute atomic E-state index is 11.5. The van der Waals surface area contributed by atoms with Gasteiger partial charge in [-0.05, 0) is 27.2 Å². The highest BCUT2D eigenvalue weighted by Gasteiger charge is 2.19. The zero-order chi connectivity index (χ0) is 15.1. The molecule has 0 saturated carbocycles. The predicted octanol–water partition coefficient (Wildman–Crippen LogP) is 0.376. The smallest absolute Gasteiger partial charge is 0.421 e.